The molecular weight excluding hydrogens is 190 g/mol. The highest BCUT2D eigenvalue weighted by molar-refractivity contribution is 5.34. The van der Waals surface area contributed by atoms with Crippen LogP contribution in [0.1, 0.15) is 5.56 Å². The number of hydrogen-bond donors (Lipinski definition) is 2. The molecule has 1 aromatic heterocycles. The van der Waals surface area contributed by atoms with Gasteiger partial charge in [0.1, 0.15) is 11.6 Å². The van der Waals surface area contributed by atoms with Crippen molar-refractivity contribution < 1.29 is 5.11 Å². The van der Waals surface area contributed by atoms with E-state index in [9.17, 15) is 0 Å². The Morgan fingerprint density at radius 1 is 1.13 bits per heavy atom. The lowest BCUT2D eigenvalue weighted by atomic mass is 10.2. The van der Waals surface area contributed by atoms with Crippen LogP contribution in [0, 0.1) is 0 Å². The van der Waals surface area contributed by atoms with Crippen LogP contribution in [0.2, 0.25) is 0 Å². The lowest BCUT2D eigenvalue weighted by Gasteiger charge is -2.04. The van der Waals surface area contributed by atoms with Gasteiger partial charge in [0.2, 0.25) is 0 Å². The standard InChI is InChI=1S/C11H11N3O/c15-10-5-3-9(4-6-10)8-12-11-2-1-7-13-14-11/h1-7,15H,8H2,(H,12,14). The number of phenols is 1. The molecular formula is C11H11N3O. The van der Waals surface area contributed by atoms with Gasteiger partial charge < -0.3 is 10.4 Å². The zero-order chi connectivity index (χ0) is 10.5. The minimum Gasteiger partial charge on any atom is -0.508 e. The minimum absolute atomic E-state index is 0.276. The van der Waals surface area contributed by atoms with Gasteiger partial charge in [-0.15, -0.1) is 5.10 Å². The van der Waals surface area contributed by atoms with E-state index in [-0.39, 0.29) is 5.75 Å². The Morgan fingerprint density at radius 2 is 1.93 bits per heavy atom. The number of hydrogen-bond acceptors (Lipinski definition) is 4. The summed E-state index contributed by atoms with van der Waals surface area (Å²) in [4.78, 5) is 0. The van der Waals surface area contributed by atoms with Gasteiger partial charge >= 0.3 is 0 Å². The normalized spacial score (nSPS) is 9.87. The van der Waals surface area contributed by atoms with Crippen LogP contribution in [0.5, 0.6) is 5.75 Å². The second-order valence-corrected chi connectivity index (χ2v) is 3.13. The molecule has 0 aliphatic heterocycles. The highest BCUT2D eigenvalue weighted by Gasteiger charge is 1.94. The molecule has 0 fully saturated rings. The third kappa shape index (κ3) is 2.67. The summed E-state index contributed by atoms with van der Waals surface area (Å²) >= 11 is 0. The first kappa shape index (κ1) is 9.45. The van der Waals surface area contributed by atoms with Crippen LogP contribution in [0.4, 0.5) is 5.82 Å². The van der Waals surface area contributed by atoms with Crippen molar-refractivity contribution in [1.29, 1.82) is 0 Å². The first-order chi connectivity index (χ1) is 7.34. The number of benzene rings is 1. The van der Waals surface area contributed by atoms with Crippen LogP contribution in [-0.4, -0.2) is 15.3 Å². The smallest absolute Gasteiger partial charge is 0.148 e. The summed E-state index contributed by atoms with van der Waals surface area (Å²) in [5.41, 5.74) is 1.08. The first-order valence-corrected chi connectivity index (χ1v) is 4.64. The van der Waals surface area contributed by atoms with Crippen molar-refractivity contribution >= 4 is 5.82 Å². The largest absolute Gasteiger partial charge is 0.508 e. The predicted octanol–water partition coefficient (Wildman–Crippen LogP) is 1.79. The highest BCUT2D eigenvalue weighted by atomic mass is 16.3. The molecule has 0 radical (unpaired) electrons. The quantitative estimate of drug-likeness (QED) is 0.794. The van der Waals surface area contributed by atoms with E-state index >= 15 is 0 Å². The van der Waals surface area contributed by atoms with Gasteiger partial charge in [-0.2, -0.15) is 5.10 Å². The molecule has 4 heteroatoms. The molecule has 76 valence electrons. The SMILES string of the molecule is Oc1ccc(CNc2cccnn2)cc1. The van der Waals surface area contributed by atoms with Crippen LogP contribution in [-0.2, 0) is 6.54 Å². The van der Waals surface area contributed by atoms with Gasteiger partial charge in [0, 0.05) is 12.7 Å². The van der Waals surface area contributed by atoms with Gasteiger partial charge in [-0.05, 0) is 29.8 Å². The summed E-state index contributed by atoms with van der Waals surface area (Å²) in [5.74, 6) is 1.02. The van der Waals surface area contributed by atoms with E-state index in [1.54, 1.807) is 18.3 Å². The van der Waals surface area contributed by atoms with Gasteiger partial charge in [-0.25, -0.2) is 0 Å². The van der Waals surface area contributed by atoms with Crippen LogP contribution in [0.25, 0.3) is 0 Å². The van der Waals surface area contributed by atoms with Crippen molar-refractivity contribution in [2.24, 2.45) is 0 Å². The second kappa shape index (κ2) is 4.41. The number of anilines is 1. The second-order valence-electron chi connectivity index (χ2n) is 3.13. The van der Waals surface area contributed by atoms with Crippen LogP contribution in [0.3, 0.4) is 0 Å². The Balaban J connectivity index is 1.96. The van der Waals surface area contributed by atoms with E-state index in [4.69, 9.17) is 5.11 Å². The number of nitrogens with one attached hydrogen (secondary N) is 1. The molecule has 0 bridgehead atoms. The Kier molecular flexibility index (Phi) is 2.78. The summed E-state index contributed by atoms with van der Waals surface area (Å²) < 4.78 is 0. The molecule has 0 aliphatic rings. The van der Waals surface area contributed by atoms with Crippen molar-refractivity contribution in [3.05, 3.63) is 48.2 Å². The van der Waals surface area contributed by atoms with E-state index in [0.717, 1.165) is 11.4 Å². The third-order valence-corrected chi connectivity index (χ3v) is 1.98. The zero-order valence-corrected chi connectivity index (χ0v) is 8.09. The predicted molar refractivity (Wildman–Crippen MR) is 57.5 cm³/mol. The number of rotatable bonds is 3. The fourth-order valence-corrected chi connectivity index (χ4v) is 1.20. The summed E-state index contributed by atoms with van der Waals surface area (Å²) in [6.07, 6.45) is 1.63. The van der Waals surface area contributed by atoms with Crippen LogP contribution in [0.15, 0.2) is 42.6 Å². The van der Waals surface area contributed by atoms with Gasteiger partial charge in [-0.3, -0.25) is 0 Å². The first-order valence-electron chi connectivity index (χ1n) is 4.64. The van der Waals surface area contributed by atoms with Gasteiger partial charge in [0.05, 0.1) is 0 Å². The van der Waals surface area contributed by atoms with Crippen LogP contribution >= 0.6 is 0 Å². The number of aromatic nitrogens is 2. The highest BCUT2D eigenvalue weighted by Crippen LogP contribution is 2.10. The maximum Gasteiger partial charge on any atom is 0.148 e. The molecule has 0 atom stereocenters. The van der Waals surface area contributed by atoms with Gasteiger partial charge in [0.15, 0.2) is 0 Å². The van der Waals surface area contributed by atoms with E-state index in [2.05, 4.69) is 15.5 Å². The Morgan fingerprint density at radius 3 is 2.60 bits per heavy atom. The van der Waals surface area contributed by atoms with E-state index in [1.807, 2.05) is 24.3 Å². The fourth-order valence-electron chi connectivity index (χ4n) is 1.20. The summed E-state index contributed by atoms with van der Waals surface area (Å²) in [6.45, 7) is 0.666. The van der Waals surface area contributed by atoms with Crippen molar-refractivity contribution in [3.8, 4) is 5.75 Å². The monoisotopic (exact) mass is 201 g/mol. The lowest BCUT2D eigenvalue weighted by molar-refractivity contribution is 0.475. The van der Waals surface area contributed by atoms with Crippen molar-refractivity contribution in [2.75, 3.05) is 5.32 Å². The molecule has 0 amide bonds. The summed E-state index contributed by atoms with van der Waals surface area (Å²) in [6, 6.07) is 10.7. The summed E-state index contributed by atoms with van der Waals surface area (Å²) in [5, 5.41) is 19.9. The number of phenolic OH excluding ortho intramolecular Hbond substituents is 1. The van der Waals surface area contributed by atoms with Gasteiger partial charge in [0.25, 0.3) is 0 Å². The van der Waals surface area contributed by atoms with Crippen molar-refractivity contribution in [2.45, 2.75) is 6.54 Å². The molecule has 0 unspecified atom stereocenters. The minimum atomic E-state index is 0.276. The molecule has 0 saturated heterocycles. The Labute approximate surface area is 87.6 Å². The molecule has 2 aromatic rings. The fraction of sp³-hybridized carbons (Fsp3) is 0.0909. The molecule has 1 heterocycles. The van der Waals surface area contributed by atoms with Crippen molar-refractivity contribution in [1.82, 2.24) is 10.2 Å². The Hall–Kier alpha value is -2.10. The number of aromatic hydroxyl groups is 1. The molecule has 15 heavy (non-hydrogen) atoms. The maximum atomic E-state index is 9.10. The molecule has 1 aromatic carbocycles. The molecule has 0 spiro atoms. The maximum absolute atomic E-state index is 9.10. The van der Waals surface area contributed by atoms with E-state index in [1.165, 1.54) is 0 Å². The molecule has 4 nitrogen and oxygen atoms in total. The zero-order valence-electron chi connectivity index (χ0n) is 8.09. The topological polar surface area (TPSA) is 58.0 Å². The molecule has 2 N–H and O–H groups in total. The summed E-state index contributed by atoms with van der Waals surface area (Å²) in [7, 11) is 0. The number of nitrogens with zero attached hydrogens (tertiary/aromatic N) is 2. The van der Waals surface area contributed by atoms with E-state index < -0.39 is 0 Å². The Bertz CT molecular complexity index is 414. The van der Waals surface area contributed by atoms with Crippen LogP contribution < -0.4 is 5.32 Å². The average molecular weight is 201 g/mol. The molecule has 0 saturated carbocycles. The van der Waals surface area contributed by atoms with Crippen molar-refractivity contribution in [3.63, 3.8) is 0 Å². The molecule has 2 rings (SSSR count). The average Bonchev–Trinajstić information content (AvgIpc) is 2.30. The molecule has 0 aliphatic carbocycles. The van der Waals surface area contributed by atoms with E-state index in [0.29, 0.717) is 6.54 Å². The lowest BCUT2D eigenvalue weighted by Crippen LogP contribution is -2.01. The third-order valence-electron chi connectivity index (χ3n) is 1.98. The van der Waals surface area contributed by atoms with Gasteiger partial charge in [-0.1, -0.05) is 12.1 Å².